The zero-order valence-electron chi connectivity index (χ0n) is 11.8. The van der Waals surface area contributed by atoms with Crippen molar-refractivity contribution in [1.29, 1.82) is 0 Å². The van der Waals surface area contributed by atoms with Gasteiger partial charge in [0, 0.05) is 32.5 Å². The summed E-state index contributed by atoms with van der Waals surface area (Å²) in [5.74, 6) is 1.43. The number of nitrogens with one attached hydrogen (secondary N) is 1. The molecule has 1 unspecified atom stereocenters. The summed E-state index contributed by atoms with van der Waals surface area (Å²) in [5, 5.41) is 7.18. The number of piperidine rings is 1. The predicted molar refractivity (Wildman–Crippen MR) is 70.6 cm³/mol. The molecule has 0 spiro atoms. The Morgan fingerprint density at radius 1 is 1.53 bits per heavy atom. The third-order valence-corrected chi connectivity index (χ3v) is 3.24. The van der Waals surface area contributed by atoms with Gasteiger partial charge in [-0.25, -0.2) is 0 Å². The molecule has 1 amide bonds. The first kappa shape index (κ1) is 14.0. The molecule has 0 aliphatic carbocycles. The first-order chi connectivity index (χ1) is 9.06. The Morgan fingerprint density at radius 2 is 2.32 bits per heavy atom. The quantitative estimate of drug-likeness (QED) is 0.857. The molecule has 0 aromatic carbocycles. The van der Waals surface area contributed by atoms with Crippen LogP contribution in [-0.2, 0) is 11.2 Å². The van der Waals surface area contributed by atoms with Crippen LogP contribution in [0, 0.1) is 6.92 Å². The molecule has 1 N–H and O–H groups in total. The van der Waals surface area contributed by atoms with Gasteiger partial charge in [0.05, 0.1) is 6.04 Å². The number of hydrogen-bond donors (Lipinski definition) is 1. The standard InChI is InChI=1S/C13H22N4O2/c1-9(2)14-11-5-4-7-17(13(11)18)8-6-12-15-10(3)19-16-12/h9,11,14H,4-8H2,1-3H3. The number of amides is 1. The van der Waals surface area contributed by atoms with Gasteiger partial charge in [-0.3, -0.25) is 4.79 Å². The summed E-state index contributed by atoms with van der Waals surface area (Å²) >= 11 is 0. The Balaban J connectivity index is 1.87. The van der Waals surface area contributed by atoms with Crippen LogP contribution < -0.4 is 5.32 Å². The Morgan fingerprint density at radius 3 is 2.95 bits per heavy atom. The molecule has 6 heteroatoms. The number of nitrogens with zero attached hydrogens (tertiary/aromatic N) is 3. The van der Waals surface area contributed by atoms with E-state index in [1.807, 2.05) is 4.90 Å². The van der Waals surface area contributed by atoms with Crippen molar-refractivity contribution in [3.63, 3.8) is 0 Å². The average Bonchev–Trinajstić information content (AvgIpc) is 2.76. The van der Waals surface area contributed by atoms with Crippen molar-refractivity contribution in [2.24, 2.45) is 0 Å². The van der Waals surface area contributed by atoms with Crippen LogP contribution in [-0.4, -0.2) is 46.1 Å². The van der Waals surface area contributed by atoms with Gasteiger partial charge in [0.15, 0.2) is 5.82 Å². The van der Waals surface area contributed by atoms with E-state index in [-0.39, 0.29) is 11.9 Å². The molecule has 1 aromatic heterocycles. The van der Waals surface area contributed by atoms with E-state index >= 15 is 0 Å². The van der Waals surface area contributed by atoms with Gasteiger partial charge in [0.2, 0.25) is 11.8 Å². The van der Waals surface area contributed by atoms with Gasteiger partial charge in [0.1, 0.15) is 0 Å². The van der Waals surface area contributed by atoms with Crippen LogP contribution in [0.4, 0.5) is 0 Å². The fourth-order valence-electron chi connectivity index (χ4n) is 2.40. The van der Waals surface area contributed by atoms with E-state index in [2.05, 4.69) is 29.3 Å². The van der Waals surface area contributed by atoms with Crippen LogP contribution in [0.15, 0.2) is 4.52 Å². The maximum Gasteiger partial charge on any atom is 0.239 e. The van der Waals surface area contributed by atoms with Crippen molar-refractivity contribution in [3.05, 3.63) is 11.7 Å². The number of hydrogen-bond acceptors (Lipinski definition) is 5. The first-order valence-electron chi connectivity index (χ1n) is 6.90. The van der Waals surface area contributed by atoms with Gasteiger partial charge in [-0.15, -0.1) is 0 Å². The highest BCUT2D eigenvalue weighted by molar-refractivity contribution is 5.82. The highest BCUT2D eigenvalue weighted by Crippen LogP contribution is 2.13. The Hall–Kier alpha value is -1.43. The highest BCUT2D eigenvalue weighted by atomic mass is 16.5. The second kappa shape index (κ2) is 6.14. The van der Waals surface area contributed by atoms with Crippen molar-refractivity contribution < 1.29 is 9.32 Å². The lowest BCUT2D eigenvalue weighted by Crippen LogP contribution is -2.52. The number of carbonyl (C=O) groups excluding carboxylic acids is 1. The second-order valence-corrected chi connectivity index (χ2v) is 5.32. The maximum absolute atomic E-state index is 12.3. The predicted octanol–water partition coefficient (Wildman–Crippen LogP) is 0.910. The number of aryl methyl sites for hydroxylation is 1. The van der Waals surface area contributed by atoms with Gasteiger partial charge < -0.3 is 14.7 Å². The highest BCUT2D eigenvalue weighted by Gasteiger charge is 2.28. The van der Waals surface area contributed by atoms with Crippen LogP contribution in [0.3, 0.4) is 0 Å². The Labute approximate surface area is 113 Å². The number of likely N-dealkylation sites (tertiary alicyclic amines) is 1. The summed E-state index contributed by atoms with van der Waals surface area (Å²) in [6, 6.07) is 0.287. The lowest BCUT2D eigenvalue weighted by Gasteiger charge is -2.33. The first-order valence-corrected chi connectivity index (χ1v) is 6.90. The van der Waals surface area contributed by atoms with Crippen LogP contribution >= 0.6 is 0 Å². The molecule has 19 heavy (non-hydrogen) atoms. The van der Waals surface area contributed by atoms with E-state index in [0.29, 0.717) is 30.7 Å². The third-order valence-electron chi connectivity index (χ3n) is 3.24. The lowest BCUT2D eigenvalue weighted by atomic mass is 10.0. The van der Waals surface area contributed by atoms with E-state index in [4.69, 9.17) is 4.52 Å². The topological polar surface area (TPSA) is 71.3 Å². The van der Waals surface area contributed by atoms with Gasteiger partial charge in [-0.2, -0.15) is 4.98 Å². The van der Waals surface area contributed by atoms with Crippen LogP contribution in [0.2, 0.25) is 0 Å². The molecule has 1 atom stereocenters. The minimum absolute atomic E-state index is 0.0410. The van der Waals surface area contributed by atoms with Crippen molar-refractivity contribution >= 4 is 5.91 Å². The molecule has 6 nitrogen and oxygen atoms in total. The monoisotopic (exact) mass is 266 g/mol. The van der Waals surface area contributed by atoms with Crippen molar-refractivity contribution in [2.75, 3.05) is 13.1 Å². The number of aromatic nitrogens is 2. The minimum Gasteiger partial charge on any atom is -0.341 e. The summed E-state index contributed by atoms with van der Waals surface area (Å²) in [6.07, 6.45) is 2.62. The Kier molecular flexibility index (Phi) is 4.52. The molecule has 1 aliphatic heterocycles. The summed E-state index contributed by atoms with van der Waals surface area (Å²) in [7, 11) is 0. The van der Waals surface area contributed by atoms with Gasteiger partial charge in [-0.1, -0.05) is 19.0 Å². The van der Waals surface area contributed by atoms with E-state index in [1.165, 1.54) is 0 Å². The average molecular weight is 266 g/mol. The molecule has 1 saturated heterocycles. The number of carbonyl (C=O) groups is 1. The third kappa shape index (κ3) is 3.76. The minimum atomic E-state index is -0.0410. The molecule has 106 valence electrons. The zero-order chi connectivity index (χ0) is 13.8. The van der Waals surface area contributed by atoms with Crippen LogP contribution in [0.25, 0.3) is 0 Å². The van der Waals surface area contributed by atoms with Crippen molar-refractivity contribution in [3.8, 4) is 0 Å². The molecule has 2 rings (SSSR count). The molecule has 1 fully saturated rings. The fraction of sp³-hybridized carbons (Fsp3) is 0.769. The smallest absolute Gasteiger partial charge is 0.239 e. The fourth-order valence-corrected chi connectivity index (χ4v) is 2.40. The van der Waals surface area contributed by atoms with Crippen molar-refractivity contribution in [1.82, 2.24) is 20.4 Å². The molecule has 1 aromatic rings. The van der Waals surface area contributed by atoms with E-state index in [1.54, 1.807) is 6.92 Å². The van der Waals surface area contributed by atoms with Crippen LogP contribution in [0.1, 0.15) is 38.4 Å². The zero-order valence-corrected chi connectivity index (χ0v) is 11.8. The number of rotatable bonds is 5. The van der Waals surface area contributed by atoms with Gasteiger partial charge in [-0.05, 0) is 12.8 Å². The molecule has 0 saturated carbocycles. The summed E-state index contributed by atoms with van der Waals surface area (Å²) in [6.45, 7) is 7.38. The molecule has 2 heterocycles. The van der Waals surface area contributed by atoms with E-state index in [9.17, 15) is 4.79 Å². The molecule has 0 radical (unpaired) electrons. The Bertz CT molecular complexity index is 430. The molecular formula is C13H22N4O2. The lowest BCUT2D eigenvalue weighted by molar-refractivity contribution is -0.136. The van der Waals surface area contributed by atoms with Gasteiger partial charge >= 0.3 is 0 Å². The van der Waals surface area contributed by atoms with Crippen molar-refractivity contribution in [2.45, 2.75) is 52.1 Å². The molecule has 1 aliphatic rings. The van der Waals surface area contributed by atoms with E-state index in [0.717, 1.165) is 19.4 Å². The molecular weight excluding hydrogens is 244 g/mol. The summed E-state index contributed by atoms with van der Waals surface area (Å²) in [5.41, 5.74) is 0. The van der Waals surface area contributed by atoms with Gasteiger partial charge in [0.25, 0.3) is 0 Å². The summed E-state index contributed by atoms with van der Waals surface area (Å²) < 4.78 is 4.93. The largest absolute Gasteiger partial charge is 0.341 e. The molecule has 0 bridgehead atoms. The maximum atomic E-state index is 12.3. The van der Waals surface area contributed by atoms with Crippen LogP contribution in [0.5, 0.6) is 0 Å². The summed E-state index contributed by atoms with van der Waals surface area (Å²) in [4.78, 5) is 18.3. The second-order valence-electron chi connectivity index (χ2n) is 5.32. The van der Waals surface area contributed by atoms with E-state index < -0.39 is 0 Å². The SMILES string of the molecule is Cc1nc(CCN2CCCC(NC(C)C)C2=O)no1. The normalized spacial score (nSPS) is 20.3.